The maximum Gasteiger partial charge on any atom is 0.260 e. The highest BCUT2D eigenvalue weighted by Gasteiger charge is 2.18. The molecule has 7 heteroatoms. The summed E-state index contributed by atoms with van der Waals surface area (Å²) in [4.78, 5) is 18.0. The molecule has 0 saturated carbocycles. The first kappa shape index (κ1) is 17.9. The van der Waals surface area contributed by atoms with Crippen LogP contribution in [0, 0.1) is 0 Å². The van der Waals surface area contributed by atoms with Crippen LogP contribution in [0.5, 0.6) is 5.75 Å². The van der Waals surface area contributed by atoms with Gasteiger partial charge in [-0.2, -0.15) is 5.10 Å². The van der Waals surface area contributed by atoms with Crippen molar-refractivity contribution in [3.05, 3.63) is 71.8 Å². The highest BCUT2D eigenvalue weighted by Crippen LogP contribution is 2.24. The minimum absolute atomic E-state index is 0.0678. The Morgan fingerprint density at radius 1 is 1.23 bits per heavy atom. The second kappa shape index (κ2) is 8.01. The van der Waals surface area contributed by atoms with Gasteiger partial charge in [0.1, 0.15) is 18.4 Å². The van der Waals surface area contributed by atoms with Crippen LogP contribution in [0.15, 0.2) is 61.2 Å². The third-order valence-electron chi connectivity index (χ3n) is 4.22. The summed E-state index contributed by atoms with van der Waals surface area (Å²) in [5.41, 5.74) is 1.93. The van der Waals surface area contributed by atoms with Gasteiger partial charge >= 0.3 is 0 Å². The Balaban J connectivity index is 1.62. The summed E-state index contributed by atoms with van der Waals surface area (Å²) in [6.45, 7) is 1.90. The molecule has 0 spiro atoms. The van der Waals surface area contributed by atoms with E-state index in [1.54, 1.807) is 35.1 Å². The maximum atomic E-state index is 12.4. The quantitative estimate of drug-likeness (QED) is 0.666. The fourth-order valence-corrected chi connectivity index (χ4v) is 2.68. The number of amides is 1. The first-order chi connectivity index (χ1) is 12.6. The molecule has 6 nitrogen and oxygen atoms in total. The molecule has 0 unspecified atom stereocenters. The average molecular weight is 371 g/mol. The zero-order valence-corrected chi connectivity index (χ0v) is 15.3. The van der Waals surface area contributed by atoms with Crippen molar-refractivity contribution in [2.45, 2.75) is 13.0 Å². The van der Waals surface area contributed by atoms with Crippen LogP contribution in [0.1, 0.15) is 18.5 Å². The predicted octanol–water partition coefficient (Wildman–Crippen LogP) is 3.52. The monoisotopic (exact) mass is 370 g/mol. The number of hydrogen-bond acceptors (Lipinski definition) is 4. The molecule has 0 aliphatic carbocycles. The third kappa shape index (κ3) is 4.03. The van der Waals surface area contributed by atoms with E-state index in [1.165, 1.54) is 6.33 Å². The maximum absolute atomic E-state index is 12.4. The lowest BCUT2D eigenvalue weighted by Crippen LogP contribution is -2.33. The zero-order chi connectivity index (χ0) is 18.5. The summed E-state index contributed by atoms with van der Waals surface area (Å²) in [6, 6.07) is 14.8. The number of carbonyl (C=O) groups excluding carboxylic acids is 1. The van der Waals surface area contributed by atoms with Crippen molar-refractivity contribution in [3.8, 4) is 11.4 Å². The van der Waals surface area contributed by atoms with E-state index in [-0.39, 0.29) is 18.6 Å². The second-order valence-corrected chi connectivity index (χ2v) is 6.24. The lowest BCUT2D eigenvalue weighted by molar-refractivity contribution is -0.134. The van der Waals surface area contributed by atoms with Gasteiger partial charge in [0.05, 0.1) is 16.8 Å². The summed E-state index contributed by atoms with van der Waals surface area (Å²) in [6.07, 6.45) is 3.13. The fraction of sp³-hybridized carbons (Fsp3) is 0.211. The zero-order valence-electron chi connectivity index (χ0n) is 14.5. The summed E-state index contributed by atoms with van der Waals surface area (Å²) in [5, 5.41) is 4.58. The molecule has 0 aliphatic heterocycles. The standard InChI is InChI=1S/C19H19ClN4O2/c1-14(15-7-9-16(10-8-15)24-13-21-12-22-24)23(2)19(25)11-26-18-6-4-3-5-17(18)20/h3-10,12-14H,11H2,1-2H3/t14-/m1/s1. The van der Waals surface area contributed by atoms with Gasteiger partial charge in [-0.1, -0.05) is 35.9 Å². The lowest BCUT2D eigenvalue weighted by Gasteiger charge is -2.25. The Morgan fingerprint density at radius 2 is 1.96 bits per heavy atom. The molecule has 26 heavy (non-hydrogen) atoms. The van der Waals surface area contributed by atoms with Crippen LogP contribution < -0.4 is 4.74 Å². The van der Waals surface area contributed by atoms with Crippen molar-refractivity contribution < 1.29 is 9.53 Å². The van der Waals surface area contributed by atoms with Crippen molar-refractivity contribution >= 4 is 17.5 Å². The van der Waals surface area contributed by atoms with E-state index in [9.17, 15) is 4.79 Å². The first-order valence-corrected chi connectivity index (χ1v) is 8.52. The predicted molar refractivity (Wildman–Crippen MR) is 99.5 cm³/mol. The van der Waals surface area contributed by atoms with Gasteiger partial charge in [0.2, 0.25) is 0 Å². The summed E-state index contributed by atoms with van der Waals surface area (Å²) < 4.78 is 7.21. The molecule has 1 aromatic heterocycles. The molecule has 2 aromatic carbocycles. The van der Waals surface area contributed by atoms with Crippen LogP contribution in [0.2, 0.25) is 5.02 Å². The van der Waals surface area contributed by atoms with Gasteiger partial charge in [-0.15, -0.1) is 0 Å². The summed E-state index contributed by atoms with van der Waals surface area (Å²) in [5.74, 6) is 0.374. The molecular weight excluding hydrogens is 352 g/mol. The summed E-state index contributed by atoms with van der Waals surface area (Å²) >= 11 is 6.04. The normalized spacial score (nSPS) is 11.8. The topological polar surface area (TPSA) is 60.2 Å². The SMILES string of the molecule is C[C@H](c1ccc(-n2cncn2)cc1)N(C)C(=O)COc1ccccc1Cl. The van der Waals surface area contributed by atoms with E-state index in [2.05, 4.69) is 10.1 Å². The van der Waals surface area contributed by atoms with Crippen molar-refractivity contribution in [1.29, 1.82) is 0 Å². The van der Waals surface area contributed by atoms with E-state index < -0.39 is 0 Å². The van der Waals surface area contributed by atoms with Crippen molar-refractivity contribution in [2.75, 3.05) is 13.7 Å². The molecule has 134 valence electrons. The molecule has 0 aliphatic rings. The Hall–Kier alpha value is -2.86. The number of aromatic nitrogens is 3. The number of halogens is 1. The molecule has 0 saturated heterocycles. The number of nitrogens with zero attached hydrogens (tertiary/aromatic N) is 4. The van der Waals surface area contributed by atoms with Crippen molar-refractivity contribution in [2.24, 2.45) is 0 Å². The van der Waals surface area contributed by atoms with Gasteiger partial charge in [-0.3, -0.25) is 4.79 Å². The molecule has 1 heterocycles. The average Bonchev–Trinajstić information content (AvgIpc) is 3.21. The van der Waals surface area contributed by atoms with Crippen LogP contribution in [-0.4, -0.2) is 39.2 Å². The number of benzene rings is 2. The Labute approximate surface area is 157 Å². The minimum Gasteiger partial charge on any atom is -0.482 e. The van der Waals surface area contributed by atoms with Crippen molar-refractivity contribution in [3.63, 3.8) is 0 Å². The number of likely N-dealkylation sites (N-methyl/N-ethyl adjacent to an activating group) is 1. The number of rotatable bonds is 6. The van der Waals surface area contributed by atoms with Gasteiger partial charge in [-0.05, 0) is 36.8 Å². The van der Waals surface area contributed by atoms with Crippen LogP contribution in [0.25, 0.3) is 5.69 Å². The molecular formula is C19H19ClN4O2. The lowest BCUT2D eigenvalue weighted by atomic mass is 10.1. The van der Waals surface area contributed by atoms with E-state index in [0.717, 1.165) is 11.3 Å². The van der Waals surface area contributed by atoms with Gasteiger partial charge in [0.25, 0.3) is 5.91 Å². The Morgan fingerprint density at radius 3 is 2.62 bits per heavy atom. The van der Waals surface area contributed by atoms with Crippen LogP contribution >= 0.6 is 11.6 Å². The molecule has 3 aromatic rings. The molecule has 0 N–H and O–H groups in total. The van der Waals surface area contributed by atoms with E-state index in [0.29, 0.717) is 10.8 Å². The van der Waals surface area contributed by atoms with Crippen molar-refractivity contribution in [1.82, 2.24) is 19.7 Å². The molecule has 0 radical (unpaired) electrons. The van der Waals surface area contributed by atoms with Gasteiger partial charge in [0.15, 0.2) is 6.61 Å². The number of ether oxygens (including phenoxy) is 1. The first-order valence-electron chi connectivity index (χ1n) is 8.14. The van der Waals surface area contributed by atoms with Crippen LogP contribution in [0.3, 0.4) is 0 Å². The molecule has 1 atom stereocenters. The summed E-state index contributed by atoms with van der Waals surface area (Å²) in [7, 11) is 1.76. The fourth-order valence-electron chi connectivity index (χ4n) is 2.49. The van der Waals surface area contributed by atoms with Crippen LogP contribution in [-0.2, 0) is 4.79 Å². The second-order valence-electron chi connectivity index (χ2n) is 5.83. The Bertz CT molecular complexity index is 866. The highest BCUT2D eigenvalue weighted by atomic mass is 35.5. The minimum atomic E-state index is -0.127. The molecule has 1 amide bonds. The molecule has 0 bridgehead atoms. The van der Waals surface area contributed by atoms with E-state index in [1.807, 2.05) is 43.3 Å². The van der Waals surface area contributed by atoms with Gasteiger partial charge in [-0.25, -0.2) is 9.67 Å². The van der Waals surface area contributed by atoms with E-state index in [4.69, 9.17) is 16.3 Å². The number of carbonyl (C=O) groups is 1. The third-order valence-corrected chi connectivity index (χ3v) is 4.53. The van der Waals surface area contributed by atoms with Crippen LogP contribution in [0.4, 0.5) is 0 Å². The van der Waals surface area contributed by atoms with Gasteiger partial charge in [0, 0.05) is 7.05 Å². The largest absolute Gasteiger partial charge is 0.482 e. The molecule has 0 fully saturated rings. The van der Waals surface area contributed by atoms with E-state index >= 15 is 0 Å². The molecule has 3 rings (SSSR count). The Kier molecular flexibility index (Phi) is 5.53. The number of hydrogen-bond donors (Lipinski definition) is 0. The number of para-hydroxylation sites is 1. The van der Waals surface area contributed by atoms with Gasteiger partial charge < -0.3 is 9.64 Å². The smallest absolute Gasteiger partial charge is 0.260 e. The highest BCUT2D eigenvalue weighted by molar-refractivity contribution is 6.32.